The number of pyridine rings is 1. The summed E-state index contributed by atoms with van der Waals surface area (Å²) in [6, 6.07) is 7.67. The van der Waals surface area contributed by atoms with Crippen LogP contribution in [0, 0.1) is 12.3 Å². The fourth-order valence-electron chi connectivity index (χ4n) is 4.56. The lowest BCUT2D eigenvalue weighted by Crippen LogP contribution is -2.49. The highest BCUT2D eigenvalue weighted by atomic mass is 35.5. The van der Waals surface area contributed by atoms with E-state index in [1.54, 1.807) is 6.07 Å². The summed E-state index contributed by atoms with van der Waals surface area (Å²) >= 11 is 14.1. The third-order valence-corrected chi connectivity index (χ3v) is 8.60. The van der Waals surface area contributed by atoms with E-state index < -0.39 is 0 Å². The third-order valence-electron chi connectivity index (χ3n) is 6.49. The van der Waals surface area contributed by atoms with E-state index in [0.717, 1.165) is 59.6 Å². The summed E-state index contributed by atoms with van der Waals surface area (Å²) in [6.07, 6.45) is 1.98. The van der Waals surface area contributed by atoms with Crippen molar-refractivity contribution in [3.8, 4) is 0 Å². The Labute approximate surface area is 195 Å². The van der Waals surface area contributed by atoms with Gasteiger partial charge in [0.05, 0.1) is 33.8 Å². The van der Waals surface area contributed by atoms with Gasteiger partial charge < -0.3 is 21.1 Å². The molecular formula is C21H24Cl2N6OS. The molecule has 2 aliphatic heterocycles. The van der Waals surface area contributed by atoms with Gasteiger partial charge >= 0.3 is 0 Å². The van der Waals surface area contributed by atoms with Gasteiger partial charge in [-0.1, -0.05) is 41.0 Å². The Morgan fingerprint density at radius 3 is 2.71 bits per heavy atom. The van der Waals surface area contributed by atoms with Gasteiger partial charge in [-0.2, -0.15) is 0 Å². The zero-order valence-electron chi connectivity index (χ0n) is 17.1. The van der Waals surface area contributed by atoms with Gasteiger partial charge in [0, 0.05) is 35.5 Å². The monoisotopic (exact) mass is 478 g/mol. The van der Waals surface area contributed by atoms with Crippen molar-refractivity contribution < 1.29 is 4.74 Å². The standard InChI is InChI=1S/C21H24Cl2N6OS/c1-12-26-27-20-19(31-15-4-2-3-13(22)18(15)23)14(24)9-17(29(12)20)28-7-5-21(6-8-28)11-30-10-16(21)25/h2-4,9,16H,5-8,10-11,24-25H2,1H3. The Balaban J connectivity index is 1.51. The maximum Gasteiger partial charge on any atom is 0.178 e. The highest BCUT2D eigenvalue weighted by Gasteiger charge is 2.44. The van der Waals surface area contributed by atoms with Crippen LogP contribution < -0.4 is 16.4 Å². The van der Waals surface area contributed by atoms with E-state index in [-0.39, 0.29) is 11.5 Å². The SMILES string of the molecule is Cc1nnc2c(Sc3cccc(Cl)c3Cl)c(N)cc(N3CCC4(CC3)COCC4N)n12. The van der Waals surface area contributed by atoms with E-state index in [1.807, 2.05) is 25.1 Å². The summed E-state index contributed by atoms with van der Waals surface area (Å²) in [5, 5.41) is 9.78. The fraction of sp³-hybridized carbons (Fsp3) is 0.429. The average molecular weight is 479 g/mol. The van der Waals surface area contributed by atoms with Crippen molar-refractivity contribution in [1.82, 2.24) is 14.6 Å². The Hall–Kier alpha value is -1.71. The normalized spacial score (nSPS) is 20.8. The molecule has 5 rings (SSSR count). The molecule has 4 N–H and O–H groups in total. The second-order valence-corrected chi connectivity index (χ2v) is 10.2. The van der Waals surface area contributed by atoms with Crippen molar-refractivity contribution in [2.75, 3.05) is 36.9 Å². The molecule has 164 valence electrons. The highest BCUT2D eigenvalue weighted by Crippen LogP contribution is 2.44. The summed E-state index contributed by atoms with van der Waals surface area (Å²) in [5.74, 6) is 1.81. The number of aryl methyl sites for hydroxylation is 1. The zero-order chi connectivity index (χ0) is 21.8. The summed E-state index contributed by atoms with van der Waals surface area (Å²) in [5.41, 5.74) is 14.3. The molecule has 1 aromatic carbocycles. The van der Waals surface area contributed by atoms with E-state index in [9.17, 15) is 0 Å². The minimum atomic E-state index is 0.0858. The number of aromatic nitrogens is 3. The number of nitrogens with two attached hydrogens (primary N) is 2. The first-order chi connectivity index (χ1) is 14.9. The van der Waals surface area contributed by atoms with Gasteiger partial charge in [-0.05, 0) is 31.9 Å². The van der Waals surface area contributed by atoms with Crippen LogP contribution in [0.2, 0.25) is 10.0 Å². The molecule has 1 unspecified atom stereocenters. The van der Waals surface area contributed by atoms with Crippen molar-refractivity contribution >= 4 is 52.1 Å². The smallest absolute Gasteiger partial charge is 0.178 e. The van der Waals surface area contributed by atoms with Crippen molar-refractivity contribution in [2.45, 2.75) is 35.6 Å². The zero-order valence-corrected chi connectivity index (χ0v) is 19.5. The van der Waals surface area contributed by atoms with Gasteiger partial charge in [0.15, 0.2) is 5.65 Å². The van der Waals surface area contributed by atoms with Crippen LogP contribution in [0.3, 0.4) is 0 Å². The predicted molar refractivity (Wildman–Crippen MR) is 125 cm³/mol. The first-order valence-electron chi connectivity index (χ1n) is 10.2. The molecule has 0 radical (unpaired) electrons. The van der Waals surface area contributed by atoms with Crippen LogP contribution in [0.4, 0.5) is 11.5 Å². The Kier molecular flexibility index (Phi) is 5.46. The molecule has 1 spiro atoms. The number of anilines is 2. The molecular weight excluding hydrogens is 455 g/mol. The molecule has 0 amide bonds. The highest BCUT2D eigenvalue weighted by molar-refractivity contribution is 7.99. The maximum absolute atomic E-state index is 6.53. The molecule has 1 atom stereocenters. The van der Waals surface area contributed by atoms with Gasteiger partial charge in [-0.3, -0.25) is 4.40 Å². The lowest BCUT2D eigenvalue weighted by atomic mass is 9.75. The first-order valence-corrected chi connectivity index (χ1v) is 11.8. The minimum absolute atomic E-state index is 0.0858. The third kappa shape index (κ3) is 3.54. The molecule has 0 aliphatic carbocycles. The lowest BCUT2D eigenvalue weighted by Gasteiger charge is -2.41. The molecule has 2 saturated heterocycles. The number of halogens is 2. The second-order valence-electron chi connectivity index (χ2n) is 8.32. The minimum Gasteiger partial charge on any atom is -0.398 e. The Bertz CT molecular complexity index is 1140. The number of ether oxygens (including phenoxy) is 1. The maximum atomic E-state index is 6.53. The van der Waals surface area contributed by atoms with Gasteiger partial charge in [-0.15, -0.1) is 10.2 Å². The van der Waals surface area contributed by atoms with Gasteiger partial charge in [-0.25, -0.2) is 0 Å². The molecule has 4 heterocycles. The quantitative estimate of drug-likeness (QED) is 0.586. The number of hydrogen-bond donors (Lipinski definition) is 2. The number of rotatable bonds is 3. The fourth-order valence-corrected chi connectivity index (χ4v) is 6.00. The molecule has 2 aromatic heterocycles. The number of hydrogen-bond acceptors (Lipinski definition) is 7. The number of fused-ring (bicyclic) bond motifs is 1. The van der Waals surface area contributed by atoms with Gasteiger partial charge in [0.1, 0.15) is 11.6 Å². The predicted octanol–water partition coefficient (Wildman–Crippen LogP) is 4.02. The second kappa shape index (κ2) is 8.01. The molecule has 10 heteroatoms. The van der Waals surface area contributed by atoms with Crippen molar-refractivity contribution in [3.63, 3.8) is 0 Å². The van der Waals surface area contributed by atoms with Crippen molar-refractivity contribution in [3.05, 3.63) is 40.1 Å². The average Bonchev–Trinajstić information content (AvgIpc) is 3.31. The van der Waals surface area contributed by atoms with Crippen LogP contribution in [0.5, 0.6) is 0 Å². The van der Waals surface area contributed by atoms with Crippen molar-refractivity contribution in [1.29, 1.82) is 0 Å². The van der Waals surface area contributed by atoms with E-state index in [2.05, 4.69) is 19.5 Å². The van der Waals surface area contributed by atoms with Crippen LogP contribution in [0.15, 0.2) is 34.1 Å². The summed E-state index contributed by atoms with van der Waals surface area (Å²) in [6.45, 7) is 5.12. The molecule has 31 heavy (non-hydrogen) atoms. The van der Waals surface area contributed by atoms with Gasteiger partial charge in [0.2, 0.25) is 0 Å². The first kappa shape index (κ1) is 21.2. The Morgan fingerprint density at radius 2 is 2.00 bits per heavy atom. The topological polar surface area (TPSA) is 94.7 Å². The van der Waals surface area contributed by atoms with Crippen molar-refractivity contribution in [2.24, 2.45) is 11.1 Å². The van der Waals surface area contributed by atoms with E-state index in [4.69, 9.17) is 39.4 Å². The largest absolute Gasteiger partial charge is 0.398 e. The van der Waals surface area contributed by atoms with Crippen LogP contribution in [-0.4, -0.2) is 46.9 Å². The molecule has 2 aliphatic rings. The molecule has 2 fully saturated rings. The van der Waals surface area contributed by atoms with E-state index >= 15 is 0 Å². The van der Waals surface area contributed by atoms with E-state index in [0.29, 0.717) is 22.3 Å². The number of nitrogens with zero attached hydrogens (tertiary/aromatic N) is 4. The summed E-state index contributed by atoms with van der Waals surface area (Å²) in [7, 11) is 0. The lowest BCUT2D eigenvalue weighted by molar-refractivity contribution is 0.131. The van der Waals surface area contributed by atoms with Crippen LogP contribution in [0.25, 0.3) is 5.65 Å². The molecule has 3 aromatic rings. The number of piperidine rings is 1. The van der Waals surface area contributed by atoms with Crippen LogP contribution in [0.1, 0.15) is 18.7 Å². The number of nitrogen functional groups attached to an aromatic ring is 1. The van der Waals surface area contributed by atoms with E-state index in [1.165, 1.54) is 11.8 Å². The molecule has 7 nitrogen and oxygen atoms in total. The molecule has 0 bridgehead atoms. The Morgan fingerprint density at radius 1 is 1.23 bits per heavy atom. The summed E-state index contributed by atoms with van der Waals surface area (Å²) < 4.78 is 7.74. The van der Waals surface area contributed by atoms with Crippen LogP contribution >= 0.6 is 35.0 Å². The molecule has 0 saturated carbocycles. The van der Waals surface area contributed by atoms with Crippen LogP contribution in [-0.2, 0) is 4.74 Å². The van der Waals surface area contributed by atoms with Gasteiger partial charge in [0.25, 0.3) is 0 Å². The number of benzene rings is 1. The summed E-state index contributed by atoms with van der Waals surface area (Å²) in [4.78, 5) is 3.98.